The molecular formula is C14H21N6O2+. The van der Waals surface area contributed by atoms with Crippen molar-refractivity contribution in [3.05, 3.63) is 30.4 Å². The van der Waals surface area contributed by atoms with Gasteiger partial charge in [0.1, 0.15) is 12.3 Å². The van der Waals surface area contributed by atoms with Crippen LogP contribution in [0.3, 0.4) is 0 Å². The zero-order valence-electron chi connectivity index (χ0n) is 12.7. The van der Waals surface area contributed by atoms with E-state index in [4.69, 9.17) is 4.74 Å². The second-order valence-electron chi connectivity index (χ2n) is 4.80. The van der Waals surface area contributed by atoms with Crippen LogP contribution in [-0.2, 0) is 17.8 Å². The van der Waals surface area contributed by atoms with Crippen LogP contribution in [0.1, 0.15) is 25.6 Å². The fourth-order valence-electron chi connectivity index (χ4n) is 1.90. The van der Waals surface area contributed by atoms with Gasteiger partial charge in [0.05, 0.1) is 13.0 Å². The number of aromatic nitrogens is 5. The lowest BCUT2D eigenvalue weighted by Crippen LogP contribution is -2.32. The van der Waals surface area contributed by atoms with Crippen molar-refractivity contribution in [1.29, 1.82) is 0 Å². The third-order valence-corrected chi connectivity index (χ3v) is 3.00. The highest BCUT2D eigenvalue weighted by molar-refractivity contribution is 5.75. The minimum absolute atomic E-state index is 0.0551. The van der Waals surface area contributed by atoms with Crippen LogP contribution in [0, 0.1) is 0 Å². The number of nitrogens with zero attached hydrogens (tertiary/aromatic N) is 4. The van der Waals surface area contributed by atoms with E-state index in [0.29, 0.717) is 31.8 Å². The average Bonchev–Trinajstić information content (AvgIpc) is 3.03. The lowest BCUT2D eigenvalue weighted by molar-refractivity contribution is -0.697. The van der Waals surface area contributed by atoms with Crippen molar-refractivity contribution >= 4 is 5.91 Å². The van der Waals surface area contributed by atoms with Crippen LogP contribution < -0.4 is 14.6 Å². The van der Waals surface area contributed by atoms with E-state index in [1.165, 1.54) is 0 Å². The highest BCUT2D eigenvalue weighted by Gasteiger charge is 2.04. The number of nitrogens with one attached hydrogen (secondary N) is 2. The Morgan fingerprint density at radius 2 is 2.23 bits per heavy atom. The van der Waals surface area contributed by atoms with Gasteiger partial charge in [0.2, 0.25) is 5.91 Å². The highest BCUT2D eigenvalue weighted by atomic mass is 16.5. The predicted octanol–water partition coefficient (Wildman–Crippen LogP) is 0.0250. The molecule has 2 rings (SSSR count). The van der Waals surface area contributed by atoms with Gasteiger partial charge in [0, 0.05) is 31.5 Å². The third-order valence-electron chi connectivity index (χ3n) is 3.00. The van der Waals surface area contributed by atoms with E-state index in [1.807, 2.05) is 24.5 Å². The number of H-pyrrole nitrogens is 1. The summed E-state index contributed by atoms with van der Waals surface area (Å²) in [6.45, 7) is 3.96. The zero-order chi connectivity index (χ0) is 15.6. The lowest BCUT2D eigenvalue weighted by Gasteiger charge is -2.06. The lowest BCUT2D eigenvalue weighted by atomic mass is 10.3. The van der Waals surface area contributed by atoms with E-state index >= 15 is 0 Å². The number of aromatic amines is 1. The first-order valence-electron chi connectivity index (χ1n) is 7.39. The van der Waals surface area contributed by atoms with E-state index in [1.54, 1.807) is 0 Å². The number of amides is 1. The van der Waals surface area contributed by atoms with E-state index in [-0.39, 0.29) is 5.91 Å². The summed E-state index contributed by atoms with van der Waals surface area (Å²) in [5.74, 6) is 1.30. The molecule has 118 valence electrons. The molecule has 0 atom stereocenters. The molecular weight excluding hydrogens is 284 g/mol. The van der Waals surface area contributed by atoms with Gasteiger partial charge in [0.15, 0.2) is 18.2 Å². The summed E-state index contributed by atoms with van der Waals surface area (Å²) in [5, 5.41) is 16.2. The monoisotopic (exact) mass is 305 g/mol. The number of carbonyl (C=O) groups is 1. The van der Waals surface area contributed by atoms with E-state index in [9.17, 15) is 4.79 Å². The van der Waals surface area contributed by atoms with Crippen LogP contribution in [0.2, 0.25) is 0 Å². The SMILES string of the molecule is CCC[n+]1ccc(OCCC(=O)NCCc2nn[nH]n2)cc1. The van der Waals surface area contributed by atoms with E-state index < -0.39 is 0 Å². The van der Waals surface area contributed by atoms with Gasteiger partial charge < -0.3 is 10.1 Å². The van der Waals surface area contributed by atoms with Gasteiger partial charge in [-0.25, -0.2) is 4.57 Å². The van der Waals surface area contributed by atoms with Crippen molar-refractivity contribution in [1.82, 2.24) is 25.9 Å². The van der Waals surface area contributed by atoms with Gasteiger partial charge in [0.25, 0.3) is 0 Å². The molecule has 8 heteroatoms. The number of hydrogen-bond acceptors (Lipinski definition) is 5. The van der Waals surface area contributed by atoms with Gasteiger partial charge in [-0.2, -0.15) is 5.21 Å². The average molecular weight is 305 g/mol. The maximum Gasteiger partial charge on any atom is 0.223 e. The number of hydrogen-bond donors (Lipinski definition) is 2. The maximum absolute atomic E-state index is 11.6. The summed E-state index contributed by atoms with van der Waals surface area (Å²) in [6.07, 6.45) is 5.91. The van der Waals surface area contributed by atoms with Crippen LogP contribution >= 0.6 is 0 Å². The second kappa shape index (κ2) is 8.71. The van der Waals surface area contributed by atoms with Crippen LogP contribution in [0.25, 0.3) is 0 Å². The Hall–Kier alpha value is -2.51. The molecule has 0 bridgehead atoms. The van der Waals surface area contributed by atoms with Crippen molar-refractivity contribution in [2.75, 3.05) is 13.2 Å². The Morgan fingerprint density at radius 3 is 2.91 bits per heavy atom. The first-order valence-corrected chi connectivity index (χ1v) is 7.39. The Labute approximate surface area is 128 Å². The number of pyridine rings is 1. The summed E-state index contributed by atoms with van der Waals surface area (Å²) in [7, 11) is 0. The molecule has 2 aromatic rings. The molecule has 1 amide bonds. The van der Waals surface area contributed by atoms with E-state index in [2.05, 4.69) is 37.4 Å². The molecule has 0 aromatic carbocycles. The predicted molar refractivity (Wildman–Crippen MR) is 77.9 cm³/mol. The summed E-state index contributed by atoms with van der Waals surface area (Å²) < 4.78 is 7.64. The fraction of sp³-hybridized carbons (Fsp3) is 0.500. The molecule has 0 saturated heterocycles. The Kier molecular flexibility index (Phi) is 6.28. The quantitative estimate of drug-likeness (QED) is 0.637. The molecule has 0 aliphatic rings. The van der Waals surface area contributed by atoms with Crippen molar-refractivity contribution < 1.29 is 14.1 Å². The molecule has 0 saturated carbocycles. The van der Waals surface area contributed by atoms with Crippen LogP contribution in [0.4, 0.5) is 0 Å². The fourth-order valence-corrected chi connectivity index (χ4v) is 1.90. The summed E-state index contributed by atoms with van der Waals surface area (Å²) >= 11 is 0. The standard InChI is InChI=1S/C14H20N6O2/c1-2-8-20-9-4-12(5-10-20)22-11-6-14(21)15-7-3-13-16-18-19-17-13/h4-5,9-10H,2-3,6-8,11H2,1H3,(H-,15,16,17,18,19,21)/p+1. The summed E-state index contributed by atoms with van der Waals surface area (Å²) in [6, 6.07) is 3.81. The molecule has 0 radical (unpaired) electrons. The number of aryl methyl sites for hydroxylation is 1. The summed E-state index contributed by atoms with van der Waals surface area (Å²) in [5.41, 5.74) is 0. The molecule has 2 N–H and O–H groups in total. The topological polar surface area (TPSA) is 96.7 Å². The van der Waals surface area contributed by atoms with Gasteiger partial charge in [-0.05, 0) is 0 Å². The largest absolute Gasteiger partial charge is 0.493 e. The number of rotatable bonds is 9. The van der Waals surface area contributed by atoms with Crippen LogP contribution in [0.15, 0.2) is 24.5 Å². The van der Waals surface area contributed by atoms with Gasteiger partial charge in [-0.15, -0.1) is 10.2 Å². The zero-order valence-corrected chi connectivity index (χ0v) is 12.7. The normalized spacial score (nSPS) is 10.4. The molecule has 2 heterocycles. The minimum atomic E-state index is -0.0551. The van der Waals surface area contributed by atoms with Crippen LogP contribution in [-0.4, -0.2) is 39.7 Å². The molecule has 0 unspecified atom stereocenters. The molecule has 0 fully saturated rings. The van der Waals surface area contributed by atoms with Gasteiger partial charge >= 0.3 is 0 Å². The molecule has 0 aliphatic carbocycles. The first-order chi connectivity index (χ1) is 10.8. The van der Waals surface area contributed by atoms with E-state index in [0.717, 1.165) is 18.7 Å². The minimum Gasteiger partial charge on any atom is -0.493 e. The molecule has 22 heavy (non-hydrogen) atoms. The Bertz CT molecular complexity index is 555. The van der Waals surface area contributed by atoms with Crippen molar-refractivity contribution in [3.8, 4) is 5.75 Å². The number of carbonyl (C=O) groups excluding carboxylic acids is 1. The first kappa shape index (κ1) is 15.9. The molecule has 0 spiro atoms. The highest BCUT2D eigenvalue weighted by Crippen LogP contribution is 2.06. The molecule has 0 aliphatic heterocycles. The van der Waals surface area contributed by atoms with Gasteiger partial charge in [-0.1, -0.05) is 12.1 Å². The molecule has 8 nitrogen and oxygen atoms in total. The number of tetrazole rings is 1. The van der Waals surface area contributed by atoms with Crippen molar-refractivity contribution in [2.24, 2.45) is 0 Å². The summed E-state index contributed by atoms with van der Waals surface area (Å²) in [4.78, 5) is 11.6. The smallest absolute Gasteiger partial charge is 0.223 e. The van der Waals surface area contributed by atoms with Crippen molar-refractivity contribution in [2.45, 2.75) is 32.7 Å². The Balaban J connectivity index is 1.60. The molecule has 2 aromatic heterocycles. The van der Waals surface area contributed by atoms with Crippen LogP contribution in [0.5, 0.6) is 5.75 Å². The van der Waals surface area contributed by atoms with Gasteiger partial charge in [-0.3, -0.25) is 4.79 Å². The third kappa shape index (κ3) is 5.47. The maximum atomic E-state index is 11.6. The van der Waals surface area contributed by atoms with Crippen molar-refractivity contribution in [3.63, 3.8) is 0 Å². The second-order valence-corrected chi connectivity index (χ2v) is 4.80. The number of ether oxygens (including phenoxy) is 1. The Morgan fingerprint density at radius 1 is 1.41 bits per heavy atom.